The monoisotopic (exact) mass is 318 g/mol. The lowest BCUT2D eigenvalue weighted by molar-refractivity contribution is 0.102. The summed E-state index contributed by atoms with van der Waals surface area (Å²) < 4.78 is 0. The van der Waals surface area contributed by atoms with Crippen LogP contribution >= 0.6 is 11.3 Å². The van der Waals surface area contributed by atoms with E-state index in [9.17, 15) is 4.79 Å². The number of likely N-dealkylation sites (N-methyl/N-ethyl adjacent to an activating group) is 1. The average Bonchev–Trinajstić information content (AvgIpc) is 2.91. The van der Waals surface area contributed by atoms with Crippen LogP contribution in [-0.2, 0) is 12.8 Å². The van der Waals surface area contributed by atoms with Gasteiger partial charge in [-0.1, -0.05) is 43.4 Å². The molecular formula is C16H22N4OS. The highest BCUT2D eigenvalue weighted by atomic mass is 32.1. The summed E-state index contributed by atoms with van der Waals surface area (Å²) in [5, 5.41) is 15.6. The van der Waals surface area contributed by atoms with Crippen molar-refractivity contribution in [3.8, 4) is 0 Å². The molecule has 5 nitrogen and oxygen atoms in total. The van der Waals surface area contributed by atoms with Crippen LogP contribution in [-0.4, -0.2) is 29.7 Å². The van der Waals surface area contributed by atoms with Gasteiger partial charge in [0, 0.05) is 12.0 Å². The van der Waals surface area contributed by atoms with Crippen molar-refractivity contribution >= 4 is 22.4 Å². The molecule has 0 aliphatic carbocycles. The van der Waals surface area contributed by atoms with E-state index in [-0.39, 0.29) is 5.91 Å². The number of rotatable bonds is 7. The standard InChI is InChI=1S/C16H22N4OS/c1-11(2)10-14-19-20-16(22-14)18-15(21)13-7-5-4-6-12(13)8-9-17-3/h4-7,11,17H,8-10H2,1-3H3,(H,18,20,21). The highest BCUT2D eigenvalue weighted by Crippen LogP contribution is 2.19. The number of carbonyl (C=O) groups excluding carboxylic acids is 1. The van der Waals surface area contributed by atoms with E-state index in [0.29, 0.717) is 16.6 Å². The van der Waals surface area contributed by atoms with Crippen molar-refractivity contribution in [2.45, 2.75) is 26.7 Å². The van der Waals surface area contributed by atoms with Crippen LogP contribution in [0, 0.1) is 5.92 Å². The van der Waals surface area contributed by atoms with E-state index in [4.69, 9.17) is 0 Å². The van der Waals surface area contributed by atoms with Gasteiger partial charge < -0.3 is 5.32 Å². The van der Waals surface area contributed by atoms with E-state index < -0.39 is 0 Å². The van der Waals surface area contributed by atoms with Gasteiger partial charge in [0.2, 0.25) is 5.13 Å². The first kappa shape index (κ1) is 16.6. The third kappa shape index (κ3) is 4.61. The Morgan fingerprint density at radius 2 is 2.05 bits per heavy atom. The van der Waals surface area contributed by atoms with Crippen molar-refractivity contribution in [1.29, 1.82) is 0 Å². The summed E-state index contributed by atoms with van der Waals surface area (Å²) in [5.74, 6) is 0.401. The van der Waals surface area contributed by atoms with Crippen LogP contribution in [0.5, 0.6) is 0 Å². The molecule has 0 bridgehead atoms. The summed E-state index contributed by atoms with van der Waals surface area (Å²) in [4.78, 5) is 12.4. The predicted molar refractivity (Wildman–Crippen MR) is 90.5 cm³/mol. The molecule has 0 fully saturated rings. The van der Waals surface area contributed by atoms with E-state index in [1.807, 2.05) is 31.3 Å². The highest BCUT2D eigenvalue weighted by Gasteiger charge is 2.13. The molecule has 1 aromatic heterocycles. The molecular weight excluding hydrogens is 296 g/mol. The number of carbonyl (C=O) groups is 1. The van der Waals surface area contributed by atoms with Crippen molar-refractivity contribution in [3.63, 3.8) is 0 Å². The van der Waals surface area contributed by atoms with Crippen LogP contribution < -0.4 is 10.6 Å². The zero-order valence-electron chi connectivity index (χ0n) is 13.2. The molecule has 0 atom stereocenters. The summed E-state index contributed by atoms with van der Waals surface area (Å²) >= 11 is 1.44. The topological polar surface area (TPSA) is 66.9 Å². The Hall–Kier alpha value is -1.79. The number of amides is 1. The number of anilines is 1. The fraction of sp³-hybridized carbons (Fsp3) is 0.438. The average molecular weight is 318 g/mol. The molecule has 0 unspecified atom stereocenters. The molecule has 2 N–H and O–H groups in total. The van der Waals surface area contributed by atoms with E-state index in [1.54, 1.807) is 0 Å². The number of aromatic nitrogens is 2. The van der Waals surface area contributed by atoms with Gasteiger partial charge >= 0.3 is 0 Å². The van der Waals surface area contributed by atoms with Crippen LogP contribution in [0.3, 0.4) is 0 Å². The fourth-order valence-electron chi connectivity index (χ4n) is 2.12. The molecule has 0 saturated carbocycles. The number of hydrogen-bond acceptors (Lipinski definition) is 5. The smallest absolute Gasteiger partial charge is 0.257 e. The second-order valence-corrected chi connectivity index (χ2v) is 6.63. The summed E-state index contributed by atoms with van der Waals surface area (Å²) in [6.45, 7) is 5.11. The Morgan fingerprint density at radius 1 is 1.27 bits per heavy atom. The Morgan fingerprint density at radius 3 is 2.77 bits per heavy atom. The maximum absolute atomic E-state index is 12.4. The van der Waals surface area contributed by atoms with Gasteiger partial charge in [-0.25, -0.2) is 0 Å². The minimum Gasteiger partial charge on any atom is -0.319 e. The van der Waals surface area contributed by atoms with Gasteiger partial charge in [0.05, 0.1) is 0 Å². The molecule has 0 aliphatic heterocycles. The van der Waals surface area contributed by atoms with Crippen molar-refractivity contribution in [1.82, 2.24) is 15.5 Å². The van der Waals surface area contributed by atoms with Gasteiger partial charge in [-0.2, -0.15) is 0 Å². The molecule has 0 aliphatic rings. The highest BCUT2D eigenvalue weighted by molar-refractivity contribution is 7.15. The normalized spacial score (nSPS) is 10.9. The summed E-state index contributed by atoms with van der Waals surface area (Å²) in [6.07, 6.45) is 1.70. The van der Waals surface area contributed by atoms with Gasteiger partial charge in [-0.05, 0) is 37.6 Å². The number of nitrogens with zero attached hydrogens (tertiary/aromatic N) is 2. The van der Waals surface area contributed by atoms with Gasteiger partial charge in [-0.15, -0.1) is 10.2 Å². The van der Waals surface area contributed by atoms with E-state index >= 15 is 0 Å². The molecule has 0 radical (unpaired) electrons. The lowest BCUT2D eigenvalue weighted by atomic mass is 10.0. The Labute approximate surface area is 135 Å². The molecule has 0 spiro atoms. The Kier molecular flexibility index (Phi) is 6.03. The quantitative estimate of drug-likeness (QED) is 0.824. The number of hydrogen-bond donors (Lipinski definition) is 2. The zero-order valence-corrected chi connectivity index (χ0v) is 14.0. The first-order valence-corrected chi connectivity index (χ1v) is 8.28. The van der Waals surface area contributed by atoms with Crippen LogP contribution in [0.1, 0.15) is 34.8 Å². The van der Waals surface area contributed by atoms with Crippen LogP contribution in [0.25, 0.3) is 0 Å². The molecule has 2 rings (SSSR count). The van der Waals surface area contributed by atoms with E-state index in [1.165, 1.54) is 11.3 Å². The van der Waals surface area contributed by atoms with Gasteiger partial charge in [0.1, 0.15) is 5.01 Å². The molecule has 2 aromatic rings. The van der Waals surface area contributed by atoms with Gasteiger partial charge in [0.15, 0.2) is 0 Å². The van der Waals surface area contributed by atoms with Crippen LogP contribution in [0.2, 0.25) is 0 Å². The first-order chi connectivity index (χ1) is 10.6. The fourth-order valence-corrected chi connectivity index (χ4v) is 3.07. The molecule has 1 amide bonds. The van der Waals surface area contributed by atoms with Crippen LogP contribution in [0.4, 0.5) is 5.13 Å². The molecule has 22 heavy (non-hydrogen) atoms. The lowest BCUT2D eigenvalue weighted by Gasteiger charge is -2.08. The third-order valence-electron chi connectivity index (χ3n) is 3.18. The lowest BCUT2D eigenvalue weighted by Crippen LogP contribution is -2.17. The Bertz CT molecular complexity index is 624. The van der Waals surface area contributed by atoms with Crippen molar-refractivity contribution < 1.29 is 4.79 Å². The largest absolute Gasteiger partial charge is 0.319 e. The van der Waals surface area contributed by atoms with Crippen LogP contribution in [0.15, 0.2) is 24.3 Å². The summed E-state index contributed by atoms with van der Waals surface area (Å²) in [7, 11) is 1.90. The first-order valence-electron chi connectivity index (χ1n) is 7.46. The van der Waals surface area contributed by atoms with Crippen molar-refractivity contribution in [3.05, 3.63) is 40.4 Å². The Balaban J connectivity index is 2.07. The number of benzene rings is 1. The molecule has 6 heteroatoms. The van der Waals surface area contributed by atoms with Crippen molar-refractivity contribution in [2.24, 2.45) is 5.92 Å². The molecule has 1 aromatic carbocycles. The SMILES string of the molecule is CNCCc1ccccc1C(=O)Nc1nnc(CC(C)C)s1. The molecule has 0 saturated heterocycles. The third-order valence-corrected chi connectivity index (χ3v) is 4.04. The summed E-state index contributed by atoms with van der Waals surface area (Å²) in [6, 6.07) is 7.66. The maximum atomic E-state index is 12.4. The zero-order chi connectivity index (χ0) is 15.9. The minimum atomic E-state index is -0.126. The van der Waals surface area contributed by atoms with Gasteiger partial charge in [-0.3, -0.25) is 10.1 Å². The number of nitrogens with one attached hydrogen (secondary N) is 2. The van der Waals surface area contributed by atoms with E-state index in [2.05, 4.69) is 34.7 Å². The minimum absolute atomic E-state index is 0.126. The second kappa shape index (κ2) is 8.00. The van der Waals surface area contributed by atoms with Crippen molar-refractivity contribution in [2.75, 3.05) is 18.9 Å². The molecule has 1 heterocycles. The molecule has 118 valence electrons. The second-order valence-electron chi connectivity index (χ2n) is 5.56. The predicted octanol–water partition coefficient (Wildman–Crippen LogP) is 2.75. The van der Waals surface area contributed by atoms with Gasteiger partial charge in [0.25, 0.3) is 5.91 Å². The van der Waals surface area contributed by atoms with E-state index in [0.717, 1.165) is 30.0 Å². The maximum Gasteiger partial charge on any atom is 0.257 e. The summed E-state index contributed by atoms with van der Waals surface area (Å²) in [5.41, 5.74) is 1.72.